The van der Waals surface area contributed by atoms with Gasteiger partial charge in [-0.2, -0.15) is 0 Å². The predicted molar refractivity (Wildman–Crippen MR) is 78.0 cm³/mol. The summed E-state index contributed by atoms with van der Waals surface area (Å²) >= 11 is 0. The van der Waals surface area contributed by atoms with Gasteiger partial charge in [-0.1, -0.05) is 26.2 Å². The summed E-state index contributed by atoms with van der Waals surface area (Å²) in [7, 11) is 0. The van der Waals surface area contributed by atoms with Crippen molar-refractivity contribution in [2.75, 3.05) is 13.2 Å². The predicted octanol–water partition coefficient (Wildman–Crippen LogP) is -0.412. The Hall–Kier alpha value is -0.730. The average Bonchev–Trinajstić information content (AvgIpc) is 2.50. The third kappa shape index (κ3) is 4.89. The molecule has 0 aromatic heterocycles. The number of aliphatic hydroxyl groups is 4. The van der Waals surface area contributed by atoms with Crippen LogP contribution in [0.15, 0.2) is 0 Å². The number of hydrogen-bond donors (Lipinski definition) is 4. The Morgan fingerprint density at radius 1 is 1.14 bits per heavy atom. The summed E-state index contributed by atoms with van der Waals surface area (Å²) in [6.07, 6.45) is -2.16. The lowest BCUT2D eigenvalue weighted by molar-refractivity contribution is -0.234. The maximum absolute atomic E-state index is 12.0. The SMILES string of the molecule is CCCCCCOC(=O)C(CO)C1O[C@@H](C)[C@H](O)[C@@H](O)[C@H]1O. The van der Waals surface area contributed by atoms with Crippen LogP contribution in [-0.2, 0) is 14.3 Å². The summed E-state index contributed by atoms with van der Waals surface area (Å²) in [5, 5.41) is 38.8. The van der Waals surface area contributed by atoms with Crippen LogP contribution >= 0.6 is 0 Å². The summed E-state index contributed by atoms with van der Waals surface area (Å²) in [5.41, 5.74) is 0. The molecule has 1 aliphatic heterocycles. The first-order valence-corrected chi connectivity index (χ1v) is 7.91. The van der Waals surface area contributed by atoms with E-state index in [0.717, 1.165) is 25.7 Å². The Morgan fingerprint density at radius 3 is 2.41 bits per heavy atom. The van der Waals surface area contributed by atoms with E-state index in [9.17, 15) is 25.2 Å². The molecule has 2 unspecified atom stereocenters. The maximum Gasteiger partial charge on any atom is 0.314 e. The van der Waals surface area contributed by atoms with Crippen LogP contribution in [0.1, 0.15) is 39.5 Å². The molecule has 0 amide bonds. The standard InChI is InChI=1S/C15H28O7/c1-3-4-5-6-7-21-15(20)10(8-16)14-13(19)12(18)11(17)9(2)22-14/h9-14,16-19H,3-8H2,1-2H3/t9-,10?,11-,12+,13+,14?/m0/s1. The Labute approximate surface area is 130 Å². The molecule has 1 fully saturated rings. The van der Waals surface area contributed by atoms with Crippen molar-refractivity contribution in [1.82, 2.24) is 0 Å². The third-order valence-electron chi connectivity index (χ3n) is 4.03. The Morgan fingerprint density at radius 2 is 1.82 bits per heavy atom. The molecule has 0 saturated carbocycles. The normalized spacial score (nSPS) is 33.5. The fourth-order valence-electron chi connectivity index (χ4n) is 2.54. The molecule has 1 saturated heterocycles. The van der Waals surface area contributed by atoms with E-state index in [0.29, 0.717) is 0 Å². The molecule has 0 aliphatic carbocycles. The zero-order valence-electron chi connectivity index (χ0n) is 13.2. The van der Waals surface area contributed by atoms with Crippen molar-refractivity contribution in [3.8, 4) is 0 Å². The van der Waals surface area contributed by atoms with Gasteiger partial charge >= 0.3 is 5.97 Å². The summed E-state index contributed by atoms with van der Waals surface area (Å²) in [5.74, 6) is -1.76. The highest BCUT2D eigenvalue weighted by atomic mass is 16.6. The lowest BCUT2D eigenvalue weighted by atomic mass is 9.88. The molecule has 1 heterocycles. The van der Waals surface area contributed by atoms with Crippen LogP contribution in [-0.4, -0.2) is 70.1 Å². The highest BCUT2D eigenvalue weighted by molar-refractivity contribution is 5.73. The summed E-state index contributed by atoms with van der Waals surface area (Å²) in [6, 6.07) is 0. The van der Waals surface area contributed by atoms with E-state index in [1.807, 2.05) is 0 Å². The minimum Gasteiger partial charge on any atom is -0.465 e. The quantitative estimate of drug-likeness (QED) is 0.355. The van der Waals surface area contributed by atoms with Crippen molar-refractivity contribution in [1.29, 1.82) is 0 Å². The zero-order valence-corrected chi connectivity index (χ0v) is 13.2. The van der Waals surface area contributed by atoms with Crippen molar-refractivity contribution in [3.63, 3.8) is 0 Å². The first kappa shape index (κ1) is 19.3. The molecule has 7 nitrogen and oxygen atoms in total. The van der Waals surface area contributed by atoms with Gasteiger partial charge in [0.2, 0.25) is 0 Å². The Balaban J connectivity index is 2.56. The molecule has 4 N–H and O–H groups in total. The molecule has 0 radical (unpaired) electrons. The van der Waals surface area contributed by atoms with Gasteiger partial charge in [0.15, 0.2) is 0 Å². The van der Waals surface area contributed by atoms with E-state index >= 15 is 0 Å². The fourth-order valence-corrected chi connectivity index (χ4v) is 2.54. The Kier molecular flexibility index (Phi) is 8.27. The van der Waals surface area contributed by atoms with Gasteiger partial charge in [-0.05, 0) is 13.3 Å². The number of aliphatic hydroxyl groups excluding tert-OH is 4. The molecule has 0 spiro atoms. The van der Waals surface area contributed by atoms with Crippen LogP contribution in [0.25, 0.3) is 0 Å². The fraction of sp³-hybridized carbons (Fsp3) is 0.933. The number of carbonyl (C=O) groups excluding carboxylic acids is 1. The smallest absolute Gasteiger partial charge is 0.314 e. The topological polar surface area (TPSA) is 116 Å². The molecule has 0 bridgehead atoms. The molecule has 22 heavy (non-hydrogen) atoms. The number of rotatable bonds is 8. The number of esters is 1. The lowest BCUT2D eigenvalue weighted by Gasteiger charge is -2.41. The van der Waals surface area contributed by atoms with Crippen LogP contribution in [0, 0.1) is 5.92 Å². The monoisotopic (exact) mass is 320 g/mol. The van der Waals surface area contributed by atoms with Gasteiger partial charge < -0.3 is 29.9 Å². The Bertz CT molecular complexity index is 336. The first-order chi connectivity index (χ1) is 10.4. The van der Waals surface area contributed by atoms with E-state index in [-0.39, 0.29) is 6.61 Å². The number of hydrogen-bond acceptors (Lipinski definition) is 7. The second-order valence-electron chi connectivity index (χ2n) is 5.79. The minimum absolute atomic E-state index is 0.249. The molecular formula is C15H28O7. The van der Waals surface area contributed by atoms with Gasteiger partial charge in [-0.3, -0.25) is 4.79 Å². The molecule has 6 atom stereocenters. The maximum atomic E-state index is 12.0. The largest absolute Gasteiger partial charge is 0.465 e. The van der Waals surface area contributed by atoms with E-state index in [1.165, 1.54) is 6.92 Å². The van der Waals surface area contributed by atoms with Gasteiger partial charge in [0.1, 0.15) is 30.3 Å². The molecule has 1 aliphatic rings. The molecule has 1 rings (SSSR count). The lowest BCUT2D eigenvalue weighted by Crippen LogP contribution is -2.60. The van der Waals surface area contributed by atoms with Gasteiger partial charge in [0, 0.05) is 0 Å². The van der Waals surface area contributed by atoms with Crippen LogP contribution in [0.5, 0.6) is 0 Å². The summed E-state index contributed by atoms with van der Waals surface area (Å²) in [4.78, 5) is 12.0. The van der Waals surface area contributed by atoms with Gasteiger partial charge in [-0.25, -0.2) is 0 Å². The van der Waals surface area contributed by atoms with Crippen molar-refractivity contribution in [2.24, 2.45) is 5.92 Å². The van der Waals surface area contributed by atoms with E-state index in [2.05, 4.69) is 6.92 Å². The van der Waals surface area contributed by atoms with Crippen LogP contribution in [0.4, 0.5) is 0 Å². The van der Waals surface area contributed by atoms with Gasteiger partial charge in [-0.15, -0.1) is 0 Å². The van der Waals surface area contributed by atoms with Crippen LogP contribution < -0.4 is 0 Å². The summed E-state index contributed by atoms with van der Waals surface area (Å²) < 4.78 is 10.5. The van der Waals surface area contributed by atoms with Crippen molar-refractivity contribution < 1.29 is 34.7 Å². The second-order valence-corrected chi connectivity index (χ2v) is 5.79. The molecule has 0 aromatic carbocycles. The second kappa shape index (κ2) is 9.42. The average molecular weight is 320 g/mol. The minimum atomic E-state index is -1.46. The third-order valence-corrected chi connectivity index (χ3v) is 4.03. The van der Waals surface area contributed by atoms with E-state index < -0.39 is 49.0 Å². The highest BCUT2D eigenvalue weighted by Crippen LogP contribution is 2.26. The summed E-state index contributed by atoms with van der Waals surface area (Å²) in [6.45, 7) is 3.29. The molecule has 0 aromatic rings. The zero-order chi connectivity index (χ0) is 16.7. The highest BCUT2D eigenvalue weighted by Gasteiger charge is 2.47. The molecule has 130 valence electrons. The van der Waals surface area contributed by atoms with Crippen LogP contribution in [0.3, 0.4) is 0 Å². The number of unbranched alkanes of at least 4 members (excludes halogenated alkanes) is 3. The first-order valence-electron chi connectivity index (χ1n) is 7.91. The molecular weight excluding hydrogens is 292 g/mol. The van der Waals surface area contributed by atoms with Gasteiger partial charge in [0.05, 0.1) is 19.3 Å². The van der Waals surface area contributed by atoms with E-state index in [1.54, 1.807) is 0 Å². The van der Waals surface area contributed by atoms with Crippen LogP contribution in [0.2, 0.25) is 0 Å². The van der Waals surface area contributed by atoms with Gasteiger partial charge in [0.25, 0.3) is 0 Å². The number of carbonyl (C=O) groups is 1. The number of ether oxygens (including phenoxy) is 2. The van der Waals surface area contributed by atoms with Crippen molar-refractivity contribution in [3.05, 3.63) is 0 Å². The molecule has 7 heteroatoms. The van der Waals surface area contributed by atoms with Crippen molar-refractivity contribution >= 4 is 5.97 Å². The van der Waals surface area contributed by atoms with Crippen molar-refractivity contribution in [2.45, 2.75) is 70.1 Å². The van der Waals surface area contributed by atoms with E-state index in [4.69, 9.17) is 9.47 Å².